The van der Waals surface area contributed by atoms with Crippen LogP contribution in [0.1, 0.15) is 43.9 Å². The Hall–Kier alpha value is -4.33. The Kier molecular flexibility index (Phi) is 9.43. The fourth-order valence-electron chi connectivity index (χ4n) is 4.67. The molecule has 8 nitrogen and oxygen atoms in total. The molecule has 0 aliphatic carbocycles. The quantitative estimate of drug-likeness (QED) is 0.319. The zero-order valence-corrected chi connectivity index (χ0v) is 23.1. The van der Waals surface area contributed by atoms with E-state index in [4.69, 9.17) is 14.2 Å². The van der Waals surface area contributed by atoms with Gasteiger partial charge in [0.2, 0.25) is 0 Å². The first-order valence-corrected chi connectivity index (χ1v) is 13.5. The second-order valence-electron chi connectivity index (χ2n) is 10.9. The van der Waals surface area contributed by atoms with Crippen molar-refractivity contribution in [2.45, 2.75) is 70.4 Å². The van der Waals surface area contributed by atoms with Crippen LogP contribution in [0.3, 0.4) is 0 Å². The van der Waals surface area contributed by atoms with Gasteiger partial charge in [0.25, 0.3) is 0 Å². The lowest BCUT2D eigenvalue weighted by Gasteiger charge is -2.28. The van der Waals surface area contributed by atoms with Gasteiger partial charge in [-0.1, -0.05) is 91.0 Å². The monoisotopic (exact) mass is 544 g/mol. The molecule has 40 heavy (non-hydrogen) atoms. The molecule has 4 rings (SSSR count). The Morgan fingerprint density at radius 1 is 0.875 bits per heavy atom. The highest BCUT2D eigenvalue weighted by atomic mass is 16.6. The minimum atomic E-state index is -0.785. The Labute approximate surface area is 235 Å². The van der Waals surface area contributed by atoms with E-state index in [2.05, 4.69) is 5.32 Å². The minimum absolute atomic E-state index is 0.131. The van der Waals surface area contributed by atoms with E-state index in [9.17, 15) is 14.4 Å². The van der Waals surface area contributed by atoms with Crippen LogP contribution in [0.2, 0.25) is 0 Å². The van der Waals surface area contributed by atoms with Crippen molar-refractivity contribution in [3.05, 3.63) is 108 Å². The maximum atomic E-state index is 13.1. The molecule has 8 heteroatoms. The molecule has 3 aromatic carbocycles. The largest absolute Gasteiger partial charge is 0.445 e. The van der Waals surface area contributed by atoms with Gasteiger partial charge in [-0.05, 0) is 50.3 Å². The van der Waals surface area contributed by atoms with Gasteiger partial charge in [0, 0.05) is 12.5 Å². The van der Waals surface area contributed by atoms with Crippen LogP contribution in [-0.4, -0.2) is 47.0 Å². The number of nitrogens with one attached hydrogen (secondary N) is 1. The lowest BCUT2D eigenvalue weighted by molar-refractivity contribution is 0.0284. The Morgan fingerprint density at radius 2 is 1.43 bits per heavy atom. The number of ether oxygens (including phenoxy) is 3. The van der Waals surface area contributed by atoms with Crippen molar-refractivity contribution in [3.8, 4) is 0 Å². The van der Waals surface area contributed by atoms with Crippen LogP contribution in [0.5, 0.6) is 0 Å². The number of amides is 3. The first-order chi connectivity index (χ1) is 19.2. The van der Waals surface area contributed by atoms with Crippen LogP contribution in [0.15, 0.2) is 91.0 Å². The summed E-state index contributed by atoms with van der Waals surface area (Å²) in [5, 5.41) is 2.96. The van der Waals surface area contributed by atoms with E-state index < -0.39 is 42.1 Å². The average molecular weight is 545 g/mol. The van der Waals surface area contributed by atoms with Crippen LogP contribution in [0.25, 0.3) is 0 Å². The third kappa shape index (κ3) is 8.33. The van der Waals surface area contributed by atoms with Gasteiger partial charge < -0.3 is 19.5 Å². The lowest BCUT2D eigenvalue weighted by atomic mass is 9.93. The molecule has 1 heterocycles. The van der Waals surface area contributed by atoms with Crippen LogP contribution >= 0.6 is 0 Å². The molecule has 0 spiro atoms. The molecular formula is C32H36N2O6. The molecule has 3 aromatic rings. The maximum Gasteiger partial charge on any atom is 0.420 e. The van der Waals surface area contributed by atoms with Gasteiger partial charge in [0.1, 0.15) is 18.3 Å². The Bertz CT molecular complexity index is 1260. The van der Waals surface area contributed by atoms with Gasteiger partial charge >= 0.3 is 18.3 Å². The van der Waals surface area contributed by atoms with E-state index >= 15 is 0 Å². The molecule has 0 unspecified atom stereocenters. The molecule has 3 atom stereocenters. The molecule has 210 valence electrons. The molecule has 3 amide bonds. The van der Waals surface area contributed by atoms with Gasteiger partial charge in [0.15, 0.2) is 0 Å². The molecule has 0 bridgehead atoms. The normalized spacial score (nSPS) is 17.6. The van der Waals surface area contributed by atoms with Gasteiger partial charge in [-0.25, -0.2) is 19.3 Å². The number of carbonyl (C=O) groups excluding carboxylic acids is 3. The fourth-order valence-corrected chi connectivity index (χ4v) is 4.67. The molecule has 1 N–H and O–H groups in total. The van der Waals surface area contributed by atoms with E-state index in [1.54, 1.807) is 20.8 Å². The van der Waals surface area contributed by atoms with Gasteiger partial charge in [-0.15, -0.1) is 0 Å². The molecule has 0 aromatic heterocycles. The van der Waals surface area contributed by atoms with Crippen molar-refractivity contribution >= 4 is 18.3 Å². The van der Waals surface area contributed by atoms with Crippen LogP contribution < -0.4 is 5.32 Å². The predicted molar refractivity (Wildman–Crippen MR) is 151 cm³/mol. The minimum Gasteiger partial charge on any atom is -0.445 e. The first kappa shape index (κ1) is 28.7. The third-order valence-electron chi connectivity index (χ3n) is 6.46. The summed E-state index contributed by atoms with van der Waals surface area (Å²) in [5.74, 6) is 0. The molecule has 1 fully saturated rings. The number of nitrogens with zero attached hydrogens (tertiary/aromatic N) is 1. The number of imide groups is 1. The molecule has 1 aliphatic rings. The highest BCUT2D eigenvalue weighted by molar-refractivity contribution is 5.90. The number of rotatable bonds is 9. The number of hydrogen-bond donors (Lipinski definition) is 1. The third-order valence-corrected chi connectivity index (χ3v) is 6.46. The summed E-state index contributed by atoms with van der Waals surface area (Å²) in [6.07, 6.45) is -1.62. The summed E-state index contributed by atoms with van der Waals surface area (Å²) in [4.78, 5) is 40.0. The van der Waals surface area contributed by atoms with E-state index in [-0.39, 0.29) is 13.0 Å². The first-order valence-electron chi connectivity index (χ1n) is 13.5. The smallest absolute Gasteiger partial charge is 0.420 e. The van der Waals surface area contributed by atoms with Crippen molar-refractivity contribution in [1.29, 1.82) is 0 Å². The summed E-state index contributed by atoms with van der Waals surface area (Å²) in [5.41, 5.74) is 2.04. The van der Waals surface area contributed by atoms with Crippen LogP contribution in [-0.2, 0) is 33.7 Å². The summed E-state index contributed by atoms with van der Waals surface area (Å²) in [6, 6.07) is 27.7. The Balaban J connectivity index is 1.54. The van der Waals surface area contributed by atoms with Crippen molar-refractivity contribution in [2.24, 2.45) is 0 Å². The summed E-state index contributed by atoms with van der Waals surface area (Å²) in [6.45, 7) is 5.37. The van der Waals surface area contributed by atoms with Crippen LogP contribution in [0.4, 0.5) is 14.4 Å². The second-order valence-corrected chi connectivity index (χ2v) is 10.9. The number of alkyl carbamates (subject to hydrolysis) is 1. The van der Waals surface area contributed by atoms with E-state index in [1.165, 1.54) is 0 Å². The maximum absolute atomic E-state index is 13.1. The van der Waals surface area contributed by atoms with E-state index in [0.29, 0.717) is 12.8 Å². The molecular weight excluding hydrogens is 508 g/mol. The zero-order valence-electron chi connectivity index (χ0n) is 23.1. The topological polar surface area (TPSA) is 94.2 Å². The average Bonchev–Trinajstić information content (AvgIpc) is 3.22. The van der Waals surface area contributed by atoms with Gasteiger partial charge in [0.05, 0.1) is 6.04 Å². The number of carbonyl (C=O) groups is 3. The second kappa shape index (κ2) is 13.2. The SMILES string of the molecule is CC(C)(C)OC(=O)N1C(=O)O[C@@H](C[C@H](Cc2ccccc2)NC(=O)OCc2ccccc2)[C@@H]1Cc1ccccc1. The molecule has 0 radical (unpaired) electrons. The zero-order chi connectivity index (χ0) is 28.5. The number of cyclic esters (lactones) is 1. The summed E-state index contributed by atoms with van der Waals surface area (Å²) < 4.78 is 16.8. The van der Waals surface area contributed by atoms with E-state index in [0.717, 1.165) is 21.6 Å². The van der Waals surface area contributed by atoms with Crippen LogP contribution in [0, 0.1) is 0 Å². The molecule has 0 saturated carbocycles. The standard InChI is InChI=1S/C32H36N2O6/c1-32(2,3)40-31(37)34-27(20-24-15-9-5-10-16-24)28(39-30(34)36)21-26(19-23-13-7-4-8-14-23)33-29(35)38-22-25-17-11-6-12-18-25/h4-18,26-28H,19-22H2,1-3H3,(H,33,35)/t26-,27-,28-/m0/s1. The van der Waals surface area contributed by atoms with Crippen molar-refractivity contribution in [3.63, 3.8) is 0 Å². The summed E-state index contributed by atoms with van der Waals surface area (Å²) in [7, 11) is 0. The highest BCUT2D eigenvalue weighted by Crippen LogP contribution is 2.29. The van der Waals surface area contributed by atoms with Gasteiger partial charge in [-0.3, -0.25) is 0 Å². The number of benzene rings is 3. The fraction of sp³-hybridized carbons (Fsp3) is 0.344. The summed E-state index contributed by atoms with van der Waals surface area (Å²) >= 11 is 0. The van der Waals surface area contributed by atoms with Crippen molar-refractivity contribution < 1.29 is 28.6 Å². The van der Waals surface area contributed by atoms with Gasteiger partial charge in [-0.2, -0.15) is 0 Å². The highest BCUT2D eigenvalue weighted by Gasteiger charge is 2.47. The lowest BCUT2D eigenvalue weighted by Crippen LogP contribution is -2.47. The molecule has 1 saturated heterocycles. The van der Waals surface area contributed by atoms with Crippen molar-refractivity contribution in [2.75, 3.05) is 0 Å². The predicted octanol–water partition coefficient (Wildman–Crippen LogP) is 6.28. The molecule has 1 aliphatic heterocycles. The number of hydrogen-bond acceptors (Lipinski definition) is 6. The Morgan fingerprint density at radius 3 is 2.00 bits per heavy atom. The van der Waals surface area contributed by atoms with Crippen molar-refractivity contribution in [1.82, 2.24) is 10.2 Å². The van der Waals surface area contributed by atoms with E-state index in [1.807, 2.05) is 91.0 Å².